The maximum atomic E-state index is 2.53. The van der Waals surface area contributed by atoms with Crippen LogP contribution in [0, 0.1) is 0 Å². The average molecular weight is 644 g/mol. The fourth-order valence-electron chi connectivity index (χ4n) is 8.19. The summed E-state index contributed by atoms with van der Waals surface area (Å²) in [6, 6.07) is 56.1. The molecule has 0 radical (unpaired) electrons. The topological polar surface area (TPSA) is 3.24 Å². The summed E-state index contributed by atoms with van der Waals surface area (Å²) in [4.78, 5) is 3.88. The Bertz CT molecular complexity index is 2680. The van der Waals surface area contributed by atoms with Gasteiger partial charge in [-0.2, -0.15) is 0 Å². The molecular formula is C47H33NS. The molecule has 8 aromatic carbocycles. The number of allylic oxidation sites excluding steroid dienone is 3. The lowest BCUT2D eigenvalue weighted by molar-refractivity contribution is 0.829. The molecule has 0 aromatic heterocycles. The standard InChI is InChI=1S/C47H33NS/c1-47-29-9-8-20-42(47)46-43(21-11-22-45(46)49-47)48(34-26-23-33(24-27-34)36-19-10-14-31-12-2-4-15-35(31)36)44-30-41-37-16-5-3-13-32(37)25-28-39(41)38-17-6-7-18-40(38)44/h2-28,30H,29H2,1H3. The van der Waals surface area contributed by atoms with Gasteiger partial charge in [0.1, 0.15) is 0 Å². The van der Waals surface area contributed by atoms with Gasteiger partial charge in [-0.05, 0) is 98.1 Å². The van der Waals surface area contributed by atoms with E-state index in [4.69, 9.17) is 0 Å². The Morgan fingerprint density at radius 1 is 0.551 bits per heavy atom. The molecule has 0 amide bonds. The van der Waals surface area contributed by atoms with Crippen molar-refractivity contribution in [1.29, 1.82) is 0 Å². The molecule has 1 nitrogen and oxygen atoms in total. The summed E-state index contributed by atoms with van der Waals surface area (Å²) in [7, 11) is 0. The third-order valence-corrected chi connectivity index (χ3v) is 11.9. The molecule has 1 aliphatic heterocycles. The van der Waals surface area contributed by atoms with E-state index in [1.807, 2.05) is 11.8 Å². The Hall–Kier alpha value is -5.57. The Morgan fingerprint density at radius 2 is 1.22 bits per heavy atom. The molecule has 0 bridgehead atoms. The molecule has 10 rings (SSSR count). The molecule has 49 heavy (non-hydrogen) atoms. The molecule has 1 aliphatic carbocycles. The van der Waals surface area contributed by atoms with Crippen molar-refractivity contribution in [2.45, 2.75) is 23.0 Å². The summed E-state index contributed by atoms with van der Waals surface area (Å²) in [5.74, 6) is 0. The summed E-state index contributed by atoms with van der Waals surface area (Å²) in [6.45, 7) is 2.40. The van der Waals surface area contributed by atoms with Gasteiger partial charge in [-0.1, -0.05) is 140 Å². The van der Waals surface area contributed by atoms with Gasteiger partial charge in [-0.3, -0.25) is 0 Å². The van der Waals surface area contributed by atoms with Crippen LogP contribution >= 0.6 is 11.8 Å². The number of nitrogens with zero attached hydrogens (tertiary/aromatic N) is 1. The van der Waals surface area contributed by atoms with Crippen LogP contribution in [0.4, 0.5) is 17.1 Å². The Labute approximate surface area is 290 Å². The second kappa shape index (κ2) is 11.0. The second-order valence-electron chi connectivity index (χ2n) is 13.4. The van der Waals surface area contributed by atoms with E-state index in [1.165, 1.54) is 81.6 Å². The van der Waals surface area contributed by atoms with Gasteiger partial charge in [-0.25, -0.2) is 0 Å². The highest BCUT2D eigenvalue weighted by Gasteiger charge is 2.41. The Morgan fingerprint density at radius 3 is 2.06 bits per heavy atom. The third kappa shape index (κ3) is 4.41. The number of thioether (sulfide) groups is 1. The van der Waals surface area contributed by atoms with Gasteiger partial charge in [0.25, 0.3) is 0 Å². The third-order valence-electron chi connectivity index (χ3n) is 10.5. The molecule has 1 heterocycles. The van der Waals surface area contributed by atoms with Gasteiger partial charge >= 0.3 is 0 Å². The largest absolute Gasteiger partial charge is 0.309 e. The molecular weight excluding hydrogens is 611 g/mol. The van der Waals surface area contributed by atoms with Crippen molar-refractivity contribution in [3.8, 4) is 11.1 Å². The second-order valence-corrected chi connectivity index (χ2v) is 15.0. The van der Waals surface area contributed by atoms with E-state index in [0.29, 0.717) is 0 Å². The fourth-order valence-corrected chi connectivity index (χ4v) is 9.60. The lowest BCUT2D eigenvalue weighted by Crippen LogP contribution is -2.19. The molecule has 0 spiro atoms. The van der Waals surface area contributed by atoms with Crippen LogP contribution in [0.5, 0.6) is 0 Å². The molecule has 0 N–H and O–H groups in total. The highest BCUT2D eigenvalue weighted by atomic mass is 32.2. The zero-order chi connectivity index (χ0) is 32.5. The van der Waals surface area contributed by atoms with Crippen LogP contribution in [0.3, 0.4) is 0 Å². The van der Waals surface area contributed by atoms with Gasteiger partial charge in [0, 0.05) is 26.3 Å². The minimum Gasteiger partial charge on any atom is -0.309 e. The maximum Gasteiger partial charge on any atom is 0.0548 e. The van der Waals surface area contributed by atoms with Crippen molar-refractivity contribution in [3.05, 3.63) is 175 Å². The van der Waals surface area contributed by atoms with Crippen LogP contribution in [0.15, 0.2) is 175 Å². The molecule has 0 fully saturated rings. The number of hydrogen-bond donors (Lipinski definition) is 0. The average Bonchev–Trinajstić information content (AvgIpc) is 3.47. The molecule has 0 saturated carbocycles. The minimum atomic E-state index is 0.0265. The van der Waals surface area contributed by atoms with E-state index < -0.39 is 0 Å². The lowest BCUT2D eigenvalue weighted by Gasteiger charge is -2.31. The van der Waals surface area contributed by atoms with Crippen LogP contribution in [-0.4, -0.2) is 4.75 Å². The molecule has 1 unspecified atom stereocenters. The van der Waals surface area contributed by atoms with E-state index in [9.17, 15) is 0 Å². The quantitative estimate of drug-likeness (QED) is 0.176. The minimum absolute atomic E-state index is 0.0265. The predicted octanol–water partition coefficient (Wildman–Crippen LogP) is 13.6. The normalized spacial score (nSPS) is 16.6. The first-order valence-corrected chi connectivity index (χ1v) is 17.9. The van der Waals surface area contributed by atoms with Crippen LogP contribution in [0.25, 0.3) is 59.8 Å². The van der Waals surface area contributed by atoms with Gasteiger partial charge in [0.15, 0.2) is 0 Å². The molecule has 232 valence electrons. The lowest BCUT2D eigenvalue weighted by atomic mass is 9.86. The summed E-state index contributed by atoms with van der Waals surface area (Å²) >= 11 is 2.01. The van der Waals surface area contributed by atoms with Crippen LogP contribution in [-0.2, 0) is 0 Å². The van der Waals surface area contributed by atoms with E-state index in [-0.39, 0.29) is 4.75 Å². The summed E-state index contributed by atoms with van der Waals surface area (Å²) in [6.07, 6.45) is 7.93. The van der Waals surface area contributed by atoms with E-state index in [1.54, 1.807) is 0 Å². The van der Waals surface area contributed by atoms with E-state index in [2.05, 4.69) is 182 Å². The zero-order valence-corrected chi connectivity index (χ0v) is 28.0. The summed E-state index contributed by atoms with van der Waals surface area (Å²) in [5, 5.41) is 10.1. The van der Waals surface area contributed by atoms with Gasteiger partial charge in [0.2, 0.25) is 0 Å². The summed E-state index contributed by atoms with van der Waals surface area (Å²) in [5.41, 5.74) is 8.79. The zero-order valence-electron chi connectivity index (χ0n) is 27.2. The molecule has 8 aromatic rings. The molecule has 0 saturated heterocycles. The number of hydrogen-bond acceptors (Lipinski definition) is 2. The number of benzene rings is 8. The number of anilines is 3. The van der Waals surface area contributed by atoms with Crippen LogP contribution < -0.4 is 4.90 Å². The van der Waals surface area contributed by atoms with Crippen molar-refractivity contribution in [1.82, 2.24) is 0 Å². The highest BCUT2D eigenvalue weighted by Crippen LogP contribution is 2.59. The molecule has 2 aliphatic rings. The van der Waals surface area contributed by atoms with Crippen molar-refractivity contribution >= 4 is 77.5 Å². The monoisotopic (exact) mass is 643 g/mol. The van der Waals surface area contributed by atoms with Crippen molar-refractivity contribution in [3.63, 3.8) is 0 Å². The van der Waals surface area contributed by atoms with Gasteiger partial charge < -0.3 is 4.90 Å². The first-order chi connectivity index (χ1) is 24.2. The van der Waals surface area contributed by atoms with Crippen molar-refractivity contribution < 1.29 is 0 Å². The van der Waals surface area contributed by atoms with Crippen LogP contribution in [0.1, 0.15) is 18.9 Å². The molecule has 1 atom stereocenters. The van der Waals surface area contributed by atoms with Crippen molar-refractivity contribution in [2.24, 2.45) is 0 Å². The highest BCUT2D eigenvalue weighted by molar-refractivity contribution is 8.01. The molecule has 2 heteroatoms. The van der Waals surface area contributed by atoms with Gasteiger partial charge in [-0.15, -0.1) is 11.8 Å². The van der Waals surface area contributed by atoms with Gasteiger partial charge in [0.05, 0.1) is 11.4 Å². The first-order valence-electron chi connectivity index (χ1n) is 17.1. The summed E-state index contributed by atoms with van der Waals surface area (Å²) < 4.78 is 0.0265. The maximum absolute atomic E-state index is 2.53. The van der Waals surface area contributed by atoms with E-state index >= 15 is 0 Å². The van der Waals surface area contributed by atoms with Crippen molar-refractivity contribution in [2.75, 3.05) is 4.90 Å². The number of rotatable bonds is 4. The fraction of sp³-hybridized carbons (Fsp3) is 0.0638. The van der Waals surface area contributed by atoms with E-state index in [0.717, 1.165) is 12.1 Å². The first kappa shape index (κ1) is 28.4. The number of fused-ring (bicyclic) bond motifs is 9. The SMILES string of the molecule is CC12CC=CC=C1c1c(cccc1N(c1ccc(-c3cccc4ccccc34)cc1)c1cc3c4ccccc4ccc3c3ccccc13)S2. The predicted molar refractivity (Wildman–Crippen MR) is 213 cm³/mol. The Kier molecular flexibility index (Phi) is 6.38. The van der Waals surface area contributed by atoms with Crippen LogP contribution in [0.2, 0.25) is 0 Å². The smallest absolute Gasteiger partial charge is 0.0548 e. The Balaban J connectivity index is 1.26.